The summed E-state index contributed by atoms with van der Waals surface area (Å²) < 4.78 is 11.4. The first-order chi connectivity index (χ1) is 12.0. The molecule has 0 bridgehead atoms. The summed E-state index contributed by atoms with van der Waals surface area (Å²) in [6.45, 7) is 2.08. The Morgan fingerprint density at radius 1 is 1.44 bits per heavy atom. The number of hydrogen-bond acceptors (Lipinski definition) is 5. The Bertz CT molecular complexity index is 829. The van der Waals surface area contributed by atoms with E-state index in [2.05, 4.69) is 4.98 Å². The molecule has 2 heterocycles. The molecule has 8 heteroatoms. The lowest BCUT2D eigenvalue weighted by Gasteiger charge is -2.20. The number of nitrogens with two attached hydrogens (primary N) is 1. The second-order valence-corrected chi connectivity index (χ2v) is 6.42. The largest absolute Gasteiger partial charge is 0.494 e. The number of carbonyl (C=O) groups is 2. The Morgan fingerprint density at radius 2 is 2.20 bits per heavy atom. The predicted molar refractivity (Wildman–Crippen MR) is 92.6 cm³/mol. The van der Waals surface area contributed by atoms with Gasteiger partial charge in [-0.2, -0.15) is 0 Å². The Hall–Kier alpha value is -2.54. The number of aromatic nitrogens is 1. The van der Waals surface area contributed by atoms with Crippen molar-refractivity contribution in [3.63, 3.8) is 0 Å². The van der Waals surface area contributed by atoms with Crippen molar-refractivity contribution in [3.8, 4) is 11.6 Å². The maximum atomic E-state index is 11.6. The highest BCUT2D eigenvalue weighted by Crippen LogP contribution is 2.35. The number of halogens is 1. The molecule has 25 heavy (non-hydrogen) atoms. The second-order valence-electron chi connectivity index (χ2n) is 5.99. The average Bonchev–Trinajstić information content (AvgIpc) is 2.91. The summed E-state index contributed by atoms with van der Waals surface area (Å²) in [5, 5.41) is 2.04. The molecule has 1 fully saturated rings. The van der Waals surface area contributed by atoms with Crippen molar-refractivity contribution in [2.45, 2.75) is 19.1 Å². The average molecular weight is 364 g/mol. The highest BCUT2D eigenvalue weighted by molar-refractivity contribution is 6.31. The molecule has 0 radical (unpaired) electrons. The van der Waals surface area contributed by atoms with E-state index in [1.807, 2.05) is 13.0 Å². The zero-order valence-electron chi connectivity index (χ0n) is 13.8. The molecule has 2 aromatic rings. The van der Waals surface area contributed by atoms with Crippen molar-refractivity contribution in [2.75, 3.05) is 13.7 Å². The van der Waals surface area contributed by atoms with Crippen LogP contribution in [0.1, 0.15) is 6.92 Å². The van der Waals surface area contributed by atoms with Crippen LogP contribution in [0.5, 0.6) is 11.6 Å². The van der Waals surface area contributed by atoms with Gasteiger partial charge in [-0.25, -0.2) is 4.98 Å². The maximum absolute atomic E-state index is 11.6. The van der Waals surface area contributed by atoms with Crippen LogP contribution in [0.3, 0.4) is 0 Å². The van der Waals surface area contributed by atoms with Crippen LogP contribution in [0.25, 0.3) is 10.8 Å². The number of pyridine rings is 1. The summed E-state index contributed by atoms with van der Waals surface area (Å²) >= 11 is 6.10. The van der Waals surface area contributed by atoms with Crippen molar-refractivity contribution < 1.29 is 19.1 Å². The molecule has 1 aromatic carbocycles. The number of primary amides is 1. The lowest BCUT2D eigenvalue weighted by Crippen LogP contribution is -2.42. The van der Waals surface area contributed by atoms with Crippen LogP contribution < -0.4 is 15.2 Å². The van der Waals surface area contributed by atoms with Crippen molar-refractivity contribution in [1.29, 1.82) is 0 Å². The zero-order chi connectivity index (χ0) is 18.1. The Labute approximate surface area is 149 Å². The van der Waals surface area contributed by atoms with Crippen LogP contribution in [0.15, 0.2) is 24.4 Å². The molecule has 1 aromatic heterocycles. The maximum Gasteiger partial charge on any atom is 0.240 e. The summed E-state index contributed by atoms with van der Waals surface area (Å²) in [6.07, 6.45) is 1.77. The smallest absolute Gasteiger partial charge is 0.240 e. The van der Waals surface area contributed by atoms with Crippen LogP contribution in [0.2, 0.25) is 5.02 Å². The predicted octanol–water partition coefficient (Wildman–Crippen LogP) is 1.61. The number of carbonyl (C=O) groups excluding carboxylic acids is 2. The molecule has 3 unspecified atom stereocenters. The number of amides is 2. The summed E-state index contributed by atoms with van der Waals surface area (Å²) in [5.41, 5.74) is 5.41. The molecular weight excluding hydrogens is 346 g/mol. The second kappa shape index (κ2) is 6.76. The molecular formula is C17H18ClN3O4. The van der Waals surface area contributed by atoms with Crippen LogP contribution in [0, 0.1) is 5.92 Å². The first kappa shape index (κ1) is 17.3. The molecule has 1 aliphatic rings. The third kappa shape index (κ3) is 3.07. The van der Waals surface area contributed by atoms with Crippen molar-refractivity contribution in [3.05, 3.63) is 29.4 Å². The molecule has 3 atom stereocenters. The minimum absolute atomic E-state index is 0.258. The van der Waals surface area contributed by atoms with E-state index in [0.29, 0.717) is 28.4 Å². The Morgan fingerprint density at radius 3 is 2.80 bits per heavy atom. The van der Waals surface area contributed by atoms with E-state index in [-0.39, 0.29) is 12.5 Å². The van der Waals surface area contributed by atoms with E-state index in [1.54, 1.807) is 25.4 Å². The first-order valence-electron chi connectivity index (χ1n) is 7.75. The van der Waals surface area contributed by atoms with Gasteiger partial charge in [-0.15, -0.1) is 0 Å². The lowest BCUT2D eigenvalue weighted by atomic mass is 10.00. The molecule has 132 valence electrons. The van der Waals surface area contributed by atoms with Gasteiger partial charge in [0.25, 0.3) is 0 Å². The van der Waals surface area contributed by atoms with Gasteiger partial charge in [0.2, 0.25) is 18.2 Å². The molecule has 3 rings (SSSR count). The van der Waals surface area contributed by atoms with Gasteiger partial charge >= 0.3 is 0 Å². The first-order valence-corrected chi connectivity index (χ1v) is 8.13. The zero-order valence-corrected chi connectivity index (χ0v) is 14.6. The third-order valence-electron chi connectivity index (χ3n) is 4.52. The van der Waals surface area contributed by atoms with Gasteiger partial charge in [-0.1, -0.05) is 18.5 Å². The number of methoxy groups -OCH3 is 1. The summed E-state index contributed by atoms with van der Waals surface area (Å²) in [7, 11) is 1.56. The monoisotopic (exact) mass is 363 g/mol. The van der Waals surface area contributed by atoms with Gasteiger partial charge in [0.1, 0.15) is 17.9 Å². The fourth-order valence-electron chi connectivity index (χ4n) is 3.23. The van der Waals surface area contributed by atoms with Gasteiger partial charge in [0.05, 0.1) is 19.9 Å². The normalized spacial score (nSPS) is 22.8. The van der Waals surface area contributed by atoms with Gasteiger partial charge < -0.3 is 20.1 Å². The molecule has 7 nitrogen and oxygen atoms in total. The molecule has 1 saturated heterocycles. The van der Waals surface area contributed by atoms with Crippen LogP contribution in [0.4, 0.5) is 0 Å². The lowest BCUT2D eigenvalue weighted by molar-refractivity contribution is -0.129. The van der Waals surface area contributed by atoms with Gasteiger partial charge in [-0.05, 0) is 18.2 Å². The SMILES string of the molecule is COc1cnc(OC2CN(C=O)C(C(N)=O)C2C)c2cc(Cl)ccc12. The molecule has 0 saturated carbocycles. The third-order valence-corrected chi connectivity index (χ3v) is 4.75. The minimum atomic E-state index is -0.699. The van der Waals surface area contributed by atoms with Crippen molar-refractivity contribution >= 4 is 34.7 Å². The number of likely N-dealkylation sites (tertiary alicyclic amines) is 1. The van der Waals surface area contributed by atoms with Crippen LogP contribution >= 0.6 is 11.6 Å². The number of nitrogens with zero attached hydrogens (tertiary/aromatic N) is 2. The van der Waals surface area contributed by atoms with Crippen LogP contribution in [-0.2, 0) is 9.59 Å². The summed E-state index contributed by atoms with van der Waals surface area (Å²) in [5.74, 6) is 0.149. The van der Waals surface area contributed by atoms with Crippen molar-refractivity contribution in [2.24, 2.45) is 11.7 Å². The molecule has 1 aliphatic heterocycles. The van der Waals surface area contributed by atoms with Gasteiger partial charge in [0.15, 0.2) is 0 Å². The molecule has 2 amide bonds. The highest BCUT2D eigenvalue weighted by atomic mass is 35.5. The van der Waals surface area contributed by atoms with E-state index in [4.69, 9.17) is 26.8 Å². The summed E-state index contributed by atoms with van der Waals surface area (Å²) in [4.78, 5) is 28.5. The van der Waals surface area contributed by atoms with E-state index in [9.17, 15) is 9.59 Å². The standard InChI is InChI=1S/C17H18ClN3O4/c1-9-14(7-21(8-22)15(9)16(19)23)25-17-12-5-10(18)3-4-11(12)13(24-2)6-20-17/h3-6,8-9,14-15H,7H2,1-2H3,(H2,19,23). The van der Waals surface area contributed by atoms with E-state index < -0.39 is 18.1 Å². The molecule has 0 spiro atoms. The van der Waals surface area contributed by atoms with E-state index in [0.717, 1.165) is 5.39 Å². The molecule has 0 aliphatic carbocycles. The Kier molecular flexibility index (Phi) is 4.67. The quantitative estimate of drug-likeness (QED) is 0.814. The number of fused-ring (bicyclic) bond motifs is 1. The molecule has 2 N–H and O–H groups in total. The van der Waals surface area contributed by atoms with Gasteiger partial charge in [-0.3, -0.25) is 9.59 Å². The van der Waals surface area contributed by atoms with E-state index >= 15 is 0 Å². The highest BCUT2D eigenvalue weighted by Gasteiger charge is 2.43. The summed E-state index contributed by atoms with van der Waals surface area (Å²) in [6, 6.07) is 4.62. The topological polar surface area (TPSA) is 94.8 Å². The van der Waals surface area contributed by atoms with Gasteiger partial charge in [0, 0.05) is 21.7 Å². The van der Waals surface area contributed by atoms with E-state index in [1.165, 1.54) is 4.90 Å². The number of hydrogen-bond donors (Lipinski definition) is 1. The number of rotatable bonds is 5. The Balaban J connectivity index is 1.97. The van der Waals surface area contributed by atoms with Crippen molar-refractivity contribution in [1.82, 2.24) is 9.88 Å². The fraction of sp³-hybridized carbons (Fsp3) is 0.353. The minimum Gasteiger partial charge on any atom is -0.494 e. The number of ether oxygens (including phenoxy) is 2. The fourth-order valence-corrected chi connectivity index (χ4v) is 3.41. The number of benzene rings is 1. The van der Waals surface area contributed by atoms with Crippen LogP contribution in [-0.4, -0.2) is 48.0 Å².